The van der Waals surface area contributed by atoms with Crippen LogP contribution in [0.3, 0.4) is 0 Å². The summed E-state index contributed by atoms with van der Waals surface area (Å²) < 4.78 is 42.1. The molecule has 11 heteroatoms. The molecule has 2 aromatic rings. The van der Waals surface area contributed by atoms with Gasteiger partial charge in [0, 0.05) is 45.0 Å². The van der Waals surface area contributed by atoms with E-state index in [1.807, 2.05) is 20.9 Å². The summed E-state index contributed by atoms with van der Waals surface area (Å²) in [6, 6.07) is 4.09. The van der Waals surface area contributed by atoms with Gasteiger partial charge < -0.3 is 15.1 Å². The highest BCUT2D eigenvalue weighted by molar-refractivity contribution is 5.87. The van der Waals surface area contributed by atoms with Crippen LogP contribution < -0.4 is 10.2 Å². The smallest absolute Gasteiger partial charge is 0.357 e. The van der Waals surface area contributed by atoms with Crippen LogP contribution in [0.15, 0.2) is 18.2 Å². The van der Waals surface area contributed by atoms with Crippen LogP contribution in [0.25, 0.3) is 0 Å². The Balaban J connectivity index is 1.79. The Kier molecular flexibility index (Phi) is 7.19. The second-order valence-electron chi connectivity index (χ2n) is 8.28. The molecule has 0 spiro atoms. The van der Waals surface area contributed by atoms with E-state index in [9.17, 15) is 22.8 Å². The topological polar surface area (TPSA) is 94.3 Å². The number of nitriles is 1. The van der Waals surface area contributed by atoms with E-state index >= 15 is 0 Å². The van der Waals surface area contributed by atoms with E-state index < -0.39 is 29.3 Å². The molecule has 182 valence electrons. The maximum absolute atomic E-state index is 13.4. The number of carbonyl (C=O) groups excluding carboxylic acids is 2. The van der Waals surface area contributed by atoms with Gasteiger partial charge >= 0.3 is 6.18 Å². The molecule has 0 saturated carbocycles. The minimum Gasteiger partial charge on any atom is -0.357 e. The Bertz CT molecular complexity index is 1130. The lowest BCUT2D eigenvalue weighted by molar-refractivity contribution is -0.137. The molecule has 3 rings (SSSR count). The molecule has 1 saturated heterocycles. The quantitative estimate of drug-likeness (QED) is 0.715. The van der Waals surface area contributed by atoms with E-state index in [0.29, 0.717) is 6.42 Å². The molecule has 2 amide bonds. The van der Waals surface area contributed by atoms with E-state index in [1.54, 1.807) is 20.6 Å². The van der Waals surface area contributed by atoms with E-state index in [-0.39, 0.29) is 37.6 Å². The van der Waals surface area contributed by atoms with Crippen molar-refractivity contribution in [1.29, 1.82) is 5.26 Å². The molecule has 1 aromatic carbocycles. The Morgan fingerprint density at radius 3 is 2.53 bits per heavy atom. The number of likely N-dealkylation sites (N-methyl/N-ethyl adjacent to an activating group) is 1. The number of piperazine rings is 1. The SMILES string of the molecule is CNC(=O)C1CN(C(=O)CCc2c(C)nn(C)c2C)CCN1c1ccc(C#N)c(C(F)(F)F)c1. The molecular formula is C23H27F3N6O2. The van der Waals surface area contributed by atoms with Crippen molar-refractivity contribution in [2.24, 2.45) is 7.05 Å². The van der Waals surface area contributed by atoms with Crippen molar-refractivity contribution in [3.05, 3.63) is 46.3 Å². The zero-order valence-corrected chi connectivity index (χ0v) is 19.5. The molecule has 1 aromatic heterocycles. The van der Waals surface area contributed by atoms with Gasteiger partial charge in [-0.3, -0.25) is 14.3 Å². The van der Waals surface area contributed by atoms with Crippen LogP contribution in [0.4, 0.5) is 18.9 Å². The average Bonchev–Trinajstić information content (AvgIpc) is 3.06. The van der Waals surface area contributed by atoms with Gasteiger partial charge in [-0.25, -0.2) is 0 Å². The van der Waals surface area contributed by atoms with Crippen LogP contribution in [-0.4, -0.2) is 59.2 Å². The zero-order valence-electron chi connectivity index (χ0n) is 19.5. The number of alkyl halides is 3. The highest BCUT2D eigenvalue weighted by atomic mass is 19.4. The van der Waals surface area contributed by atoms with Crippen molar-refractivity contribution in [2.45, 2.75) is 38.9 Å². The lowest BCUT2D eigenvalue weighted by Crippen LogP contribution is -2.60. The van der Waals surface area contributed by atoms with E-state index in [0.717, 1.165) is 29.1 Å². The fourth-order valence-electron chi connectivity index (χ4n) is 4.32. The minimum atomic E-state index is -4.70. The summed E-state index contributed by atoms with van der Waals surface area (Å²) in [5, 5.41) is 15.9. The molecule has 1 aliphatic heterocycles. The number of anilines is 1. The number of hydrogen-bond donors (Lipinski definition) is 1. The molecule has 1 unspecified atom stereocenters. The Morgan fingerprint density at radius 2 is 1.97 bits per heavy atom. The van der Waals surface area contributed by atoms with Gasteiger partial charge in [0.1, 0.15) is 6.04 Å². The number of benzene rings is 1. The molecule has 0 bridgehead atoms. The first kappa shape index (κ1) is 25.1. The molecule has 1 N–H and O–H groups in total. The van der Waals surface area contributed by atoms with Crippen molar-refractivity contribution in [3.63, 3.8) is 0 Å². The van der Waals surface area contributed by atoms with Crippen LogP contribution in [0.1, 0.15) is 34.5 Å². The first-order chi connectivity index (χ1) is 16.0. The molecular weight excluding hydrogens is 449 g/mol. The number of nitrogens with one attached hydrogen (secondary N) is 1. The first-order valence-corrected chi connectivity index (χ1v) is 10.8. The standard InChI is InChI=1S/C23H27F3N6O2/c1-14-18(15(2)30(4)29-14)7-8-21(33)31-9-10-32(20(13-31)22(34)28-3)17-6-5-16(12-27)19(11-17)23(24,25)26/h5-6,11,20H,7-10,13H2,1-4H3,(H,28,34). The van der Waals surface area contributed by atoms with Crippen molar-refractivity contribution >= 4 is 17.5 Å². The predicted molar refractivity (Wildman–Crippen MR) is 119 cm³/mol. The molecule has 0 radical (unpaired) electrons. The second-order valence-corrected chi connectivity index (χ2v) is 8.28. The highest BCUT2D eigenvalue weighted by Gasteiger charge is 2.37. The van der Waals surface area contributed by atoms with Gasteiger partial charge in [0.15, 0.2) is 0 Å². The molecule has 8 nitrogen and oxygen atoms in total. The molecule has 1 atom stereocenters. The maximum atomic E-state index is 13.4. The molecule has 1 aliphatic rings. The summed E-state index contributed by atoms with van der Waals surface area (Å²) in [6.07, 6.45) is -3.95. The van der Waals surface area contributed by atoms with Crippen molar-refractivity contribution < 1.29 is 22.8 Å². The van der Waals surface area contributed by atoms with Gasteiger partial charge in [-0.1, -0.05) is 0 Å². The molecule has 1 fully saturated rings. The van der Waals surface area contributed by atoms with Gasteiger partial charge in [-0.05, 0) is 44.0 Å². The summed E-state index contributed by atoms with van der Waals surface area (Å²) in [5.41, 5.74) is 1.50. The number of halogens is 3. The number of amides is 2. The largest absolute Gasteiger partial charge is 0.417 e. The van der Waals surface area contributed by atoms with Crippen LogP contribution in [0.2, 0.25) is 0 Å². The summed E-state index contributed by atoms with van der Waals surface area (Å²) in [7, 11) is 3.28. The van der Waals surface area contributed by atoms with Crippen molar-refractivity contribution in [3.8, 4) is 6.07 Å². The monoisotopic (exact) mass is 476 g/mol. The van der Waals surface area contributed by atoms with Gasteiger partial charge in [-0.2, -0.15) is 23.5 Å². The van der Waals surface area contributed by atoms with Crippen LogP contribution in [0, 0.1) is 25.2 Å². The fraction of sp³-hybridized carbons (Fsp3) is 0.478. The average molecular weight is 477 g/mol. The molecule has 34 heavy (non-hydrogen) atoms. The second kappa shape index (κ2) is 9.75. The Morgan fingerprint density at radius 1 is 1.26 bits per heavy atom. The van der Waals surface area contributed by atoms with Gasteiger partial charge in [0.2, 0.25) is 11.8 Å². The fourth-order valence-corrected chi connectivity index (χ4v) is 4.32. The van der Waals surface area contributed by atoms with Crippen LogP contribution in [-0.2, 0) is 29.2 Å². The lowest BCUT2D eigenvalue weighted by Gasteiger charge is -2.42. The molecule has 0 aliphatic carbocycles. The normalized spacial score (nSPS) is 16.4. The van der Waals surface area contributed by atoms with Gasteiger partial charge in [0.05, 0.1) is 29.4 Å². The minimum absolute atomic E-state index is 0.0465. The van der Waals surface area contributed by atoms with Gasteiger partial charge in [0.25, 0.3) is 0 Å². The highest BCUT2D eigenvalue weighted by Crippen LogP contribution is 2.35. The van der Waals surface area contributed by atoms with E-state index in [4.69, 9.17) is 5.26 Å². The number of hydrogen-bond acceptors (Lipinski definition) is 5. The van der Waals surface area contributed by atoms with E-state index in [2.05, 4.69) is 10.4 Å². The molecule has 2 heterocycles. The number of aryl methyl sites for hydroxylation is 2. The van der Waals surface area contributed by atoms with Crippen LogP contribution >= 0.6 is 0 Å². The third kappa shape index (κ3) is 5.00. The summed E-state index contributed by atoms with van der Waals surface area (Å²) in [5.74, 6) is -0.540. The summed E-state index contributed by atoms with van der Waals surface area (Å²) in [6.45, 7) is 4.31. The van der Waals surface area contributed by atoms with E-state index in [1.165, 1.54) is 13.1 Å². The summed E-state index contributed by atoms with van der Waals surface area (Å²) in [4.78, 5) is 28.7. The van der Waals surface area contributed by atoms with Gasteiger partial charge in [-0.15, -0.1) is 0 Å². The first-order valence-electron chi connectivity index (χ1n) is 10.8. The maximum Gasteiger partial charge on any atom is 0.417 e. The third-order valence-corrected chi connectivity index (χ3v) is 6.29. The lowest BCUT2D eigenvalue weighted by atomic mass is 10.0. The number of aromatic nitrogens is 2. The zero-order chi connectivity index (χ0) is 25.2. The van der Waals surface area contributed by atoms with Crippen molar-refractivity contribution in [2.75, 3.05) is 31.6 Å². The van der Waals surface area contributed by atoms with Crippen LogP contribution in [0.5, 0.6) is 0 Å². The third-order valence-electron chi connectivity index (χ3n) is 6.29. The predicted octanol–water partition coefficient (Wildman–Crippen LogP) is 2.32. The Hall–Kier alpha value is -3.55. The number of carbonyl (C=O) groups is 2. The number of rotatable bonds is 5. The Labute approximate surface area is 195 Å². The van der Waals surface area contributed by atoms with Crippen molar-refractivity contribution in [1.82, 2.24) is 20.0 Å². The summed E-state index contributed by atoms with van der Waals surface area (Å²) >= 11 is 0. The number of nitrogens with zero attached hydrogens (tertiary/aromatic N) is 5.